The minimum Gasteiger partial charge on any atom is -0.266 e. The van der Waals surface area contributed by atoms with Crippen LogP contribution in [0.2, 0.25) is 0 Å². The minimum atomic E-state index is -3.53. The van der Waals surface area contributed by atoms with Crippen molar-refractivity contribution in [2.45, 2.75) is 18.0 Å². The van der Waals surface area contributed by atoms with E-state index in [0.29, 0.717) is 0 Å². The second-order valence-corrected chi connectivity index (χ2v) is 5.99. The van der Waals surface area contributed by atoms with Crippen molar-refractivity contribution in [1.82, 2.24) is 14.5 Å². The predicted octanol–water partition coefficient (Wildman–Crippen LogP) is 1.79. The number of H-pyrrole nitrogens is 1. The Kier molecular flexibility index (Phi) is 3.49. The summed E-state index contributed by atoms with van der Waals surface area (Å²) in [6.07, 6.45) is 1.42. The second kappa shape index (κ2) is 4.91. The minimum absolute atomic E-state index is 0.104. The van der Waals surface area contributed by atoms with Crippen LogP contribution in [0.1, 0.15) is 18.5 Å². The van der Waals surface area contributed by atoms with E-state index in [4.69, 9.17) is 0 Å². The number of hydrogen-bond donors (Lipinski definition) is 1. The lowest BCUT2D eigenvalue weighted by Crippen LogP contribution is -2.30. The first-order valence-electron chi connectivity index (χ1n) is 5.56. The maximum Gasteiger partial charge on any atom is 0.260 e. The zero-order chi connectivity index (χ0) is 13.2. The van der Waals surface area contributed by atoms with Gasteiger partial charge in [0.05, 0.1) is 6.20 Å². The number of rotatable bonds is 4. The molecule has 1 atom stereocenters. The smallest absolute Gasteiger partial charge is 0.260 e. The summed E-state index contributed by atoms with van der Waals surface area (Å²) in [6.45, 7) is 1.85. The maximum atomic E-state index is 12.3. The Bertz CT molecular complexity index is 594. The summed E-state index contributed by atoms with van der Waals surface area (Å²) in [5.41, 5.74) is 0.947. The Balaban J connectivity index is 2.30. The third-order valence-corrected chi connectivity index (χ3v) is 4.82. The zero-order valence-electron chi connectivity index (χ0n) is 10.2. The number of sulfonamides is 1. The first-order valence-corrected chi connectivity index (χ1v) is 7.00. The molecule has 0 radical (unpaired) electrons. The van der Waals surface area contributed by atoms with Crippen LogP contribution in [-0.2, 0) is 10.0 Å². The SMILES string of the molecule is CC(c1ccccc1)N(C)S(=O)(=O)c1ccn[nH]1. The van der Waals surface area contributed by atoms with Crippen LogP contribution < -0.4 is 0 Å². The van der Waals surface area contributed by atoms with Gasteiger partial charge in [0.25, 0.3) is 10.0 Å². The second-order valence-electron chi connectivity index (χ2n) is 4.03. The van der Waals surface area contributed by atoms with Gasteiger partial charge in [0.1, 0.15) is 0 Å². The number of aromatic amines is 1. The highest BCUT2D eigenvalue weighted by atomic mass is 32.2. The number of nitrogens with zero attached hydrogens (tertiary/aromatic N) is 2. The normalized spacial score (nSPS) is 13.7. The molecule has 6 heteroatoms. The van der Waals surface area contributed by atoms with Crippen LogP contribution in [0.25, 0.3) is 0 Å². The lowest BCUT2D eigenvalue weighted by Gasteiger charge is -2.23. The van der Waals surface area contributed by atoms with Gasteiger partial charge >= 0.3 is 0 Å². The molecule has 1 N–H and O–H groups in total. The van der Waals surface area contributed by atoms with E-state index in [9.17, 15) is 8.42 Å². The average Bonchev–Trinajstić information content (AvgIpc) is 2.92. The largest absolute Gasteiger partial charge is 0.266 e. The van der Waals surface area contributed by atoms with Gasteiger partial charge in [-0.3, -0.25) is 5.10 Å². The van der Waals surface area contributed by atoms with Crippen molar-refractivity contribution < 1.29 is 8.42 Å². The van der Waals surface area contributed by atoms with E-state index >= 15 is 0 Å². The number of hydrogen-bond acceptors (Lipinski definition) is 3. The third kappa shape index (κ3) is 2.30. The van der Waals surface area contributed by atoms with Crippen molar-refractivity contribution in [2.75, 3.05) is 7.05 Å². The van der Waals surface area contributed by atoms with Crippen LogP contribution in [0.5, 0.6) is 0 Å². The van der Waals surface area contributed by atoms with Crippen molar-refractivity contribution in [3.63, 3.8) is 0 Å². The summed E-state index contributed by atoms with van der Waals surface area (Å²) in [5.74, 6) is 0. The van der Waals surface area contributed by atoms with Crippen molar-refractivity contribution in [1.29, 1.82) is 0 Å². The first kappa shape index (κ1) is 12.8. The molecule has 0 aliphatic rings. The van der Waals surface area contributed by atoms with E-state index in [1.807, 2.05) is 37.3 Å². The van der Waals surface area contributed by atoms with E-state index < -0.39 is 10.0 Å². The number of benzene rings is 1. The van der Waals surface area contributed by atoms with Crippen LogP contribution >= 0.6 is 0 Å². The molecule has 1 aromatic heterocycles. The maximum absolute atomic E-state index is 12.3. The summed E-state index contributed by atoms with van der Waals surface area (Å²) < 4.78 is 25.9. The third-order valence-electron chi connectivity index (χ3n) is 2.96. The van der Waals surface area contributed by atoms with E-state index in [1.54, 1.807) is 7.05 Å². The van der Waals surface area contributed by atoms with Crippen LogP contribution in [0, 0.1) is 0 Å². The van der Waals surface area contributed by atoms with Crippen LogP contribution in [0.4, 0.5) is 0 Å². The van der Waals surface area contributed by atoms with Gasteiger partial charge in [-0.1, -0.05) is 30.3 Å². The highest BCUT2D eigenvalue weighted by Gasteiger charge is 2.27. The van der Waals surface area contributed by atoms with Gasteiger partial charge in [-0.05, 0) is 18.6 Å². The molecular formula is C12H15N3O2S. The molecule has 1 aromatic carbocycles. The molecule has 0 fully saturated rings. The standard InChI is InChI=1S/C12H15N3O2S/c1-10(11-6-4-3-5-7-11)15(2)18(16,17)12-8-9-13-14-12/h3-10H,1-2H3,(H,13,14). The van der Waals surface area contributed by atoms with Gasteiger partial charge in [0.2, 0.25) is 0 Å². The molecule has 0 spiro atoms. The van der Waals surface area contributed by atoms with E-state index in [0.717, 1.165) is 5.56 Å². The lowest BCUT2D eigenvalue weighted by atomic mass is 10.1. The molecule has 0 saturated carbocycles. The van der Waals surface area contributed by atoms with Crippen molar-refractivity contribution in [2.24, 2.45) is 0 Å². The molecule has 96 valence electrons. The fourth-order valence-corrected chi connectivity index (χ4v) is 2.94. The van der Waals surface area contributed by atoms with Gasteiger partial charge < -0.3 is 0 Å². The molecule has 5 nitrogen and oxygen atoms in total. The fraction of sp³-hybridized carbons (Fsp3) is 0.250. The van der Waals surface area contributed by atoms with E-state index in [-0.39, 0.29) is 11.1 Å². The predicted molar refractivity (Wildman–Crippen MR) is 68.4 cm³/mol. The molecule has 1 unspecified atom stereocenters. The molecular weight excluding hydrogens is 250 g/mol. The highest BCUT2D eigenvalue weighted by molar-refractivity contribution is 7.89. The van der Waals surface area contributed by atoms with Gasteiger partial charge in [-0.2, -0.15) is 9.40 Å². The summed E-state index contributed by atoms with van der Waals surface area (Å²) in [5, 5.41) is 6.26. The summed E-state index contributed by atoms with van der Waals surface area (Å²) in [6, 6.07) is 10.7. The molecule has 18 heavy (non-hydrogen) atoms. The quantitative estimate of drug-likeness (QED) is 0.916. The van der Waals surface area contributed by atoms with E-state index in [2.05, 4.69) is 10.2 Å². The summed E-state index contributed by atoms with van der Waals surface area (Å²) in [4.78, 5) is 0. The Hall–Kier alpha value is -1.66. The van der Waals surface area contributed by atoms with Gasteiger partial charge in [-0.15, -0.1) is 0 Å². The number of nitrogens with one attached hydrogen (secondary N) is 1. The Labute approximate surface area is 107 Å². The zero-order valence-corrected chi connectivity index (χ0v) is 11.1. The van der Waals surface area contributed by atoms with Crippen LogP contribution in [-0.4, -0.2) is 30.0 Å². The Morgan fingerprint density at radius 2 is 1.89 bits per heavy atom. The van der Waals surface area contributed by atoms with E-state index in [1.165, 1.54) is 16.6 Å². The molecule has 0 aliphatic carbocycles. The lowest BCUT2D eigenvalue weighted by molar-refractivity contribution is 0.396. The van der Waals surface area contributed by atoms with Crippen molar-refractivity contribution in [3.8, 4) is 0 Å². The Morgan fingerprint density at radius 1 is 1.22 bits per heavy atom. The Morgan fingerprint density at radius 3 is 2.44 bits per heavy atom. The monoisotopic (exact) mass is 265 g/mol. The van der Waals surface area contributed by atoms with Crippen molar-refractivity contribution in [3.05, 3.63) is 48.2 Å². The molecule has 2 rings (SSSR count). The molecule has 1 heterocycles. The van der Waals surface area contributed by atoms with Crippen LogP contribution in [0.3, 0.4) is 0 Å². The fourth-order valence-electron chi connectivity index (χ4n) is 1.69. The van der Waals surface area contributed by atoms with Gasteiger partial charge in [0, 0.05) is 13.1 Å². The molecule has 2 aromatic rings. The molecule has 0 amide bonds. The molecule has 0 aliphatic heterocycles. The average molecular weight is 265 g/mol. The number of aromatic nitrogens is 2. The molecule has 0 bridgehead atoms. The summed E-state index contributed by atoms with van der Waals surface area (Å²) >= 11 is 0. The van der Waals surface area contributed by atoms with Gasteiger partial charge in [-0.25, -0.2) is 8.42 Å². The van der Waals surface area contributed by atoms with Gasteiger partial charge in [0.15, 0.2) is 5.03 Å². The highest BCUT2D eigenvalue weighted by Crippen LogP contribution is 2.24. The van der Waals surface area contributed by atoms with Crippen molar-refractivity contribution >= 4 is 10.0 Å². The first-order chi connectivity index (χ1) is 8.53. The summed E-state index contributed by atoms with van der Waals surface area (Å²) in [7, 11) is -1.96. The van der Waals surface area contributed by atoms with Crippen LogP contribution in [0.15, 0.2) is 47.6 Å². The topological polar surface area (TPSA) is 66.1 Å². The molecule has 0 saturated heterocycles.